The molecule has 1 radical (unpaired) electrons. The van der Waals surface area contributed by atoms with Crippen molar-refractivity contribution in [3.63, 3.8) is 0 Å². The van der Waals surface area contributed by atoms with Crippen molar-refractivity contribution in [2.24, 2.45) is 0 Å². The SMILES string of the molecule is C=C[C](C)c1cc(OC)ccc1OC. The van der Waals surface area contributed by atoms with E-state index in [9.17, 15) is 0 Å². The molecule has 0 saturated carbocycles. The zero-order valence-corrected chi connectivity index (χ0v) is 8.83. The van der Waals surface area contributed by atoms with Gasteiger partial charge in [-0.25, -0.2) is 0 Å². The smallest absolute Gasteiger partial charge is 0.123 e. The van der Waals surface area contributed by atoms with Crippen LogP contribution in [0.15, 0.2) is 30.9 Å². The highest BCUT2D eigenvalue weighted by Crippen LogP contribution is 2.30. The molecule has 1 aromatic carbocycles. The van der Waals surface area contributed by atoms with Gasteiger partial charge in [-0.15, -0.1) is 6.58 Å². The summed E-state index contributed by atoms with van der Waals surface area (Å²) in [6.45, 7) is 5.72. The van der Waals surface area contributed by atoms with E-state index in [0.717, 1.165) is 23.0 Å². The Labute approximate surface area is 85.2 Å². The molecule has 0 aromatic heterocycles. The van der Waals surface area contributed by atoms with Gasteiger partial charge < -0.3 is 9.47 Å². The van der Waals surface area contributed by atoms with Crippen molar-refractivity contribution in [1.82, 2.24) is 0 Å². The third-order valence-corrected chi connectivity index (χ3v) is 2.14. The van der Waals surface area contributed by atoms with Crippen molar-refractivity contribution in [1.29, 1.82) is 0 Å². The Morgan fingerprint density at radius 1 is 1.29 bits per heavy atom. The summed E-state index contributed by atoms with van der Waals surface area (Å²) < 4.78 is 10.4. The second-order valence-corrected chi connectivity index (χ2v) is 2.95. The molecule has 0 unspecified atom stereocenters. The summed E-state index contributed by atoms with van der Waals surface area (Å²) in [6.07, 6.45) is 1.80. The lowest BCUT2D eigenvalue weighted by Crippen LogP contribution is -1.96. The van der Waals surface area contributed by atoms with Gasteiger partial charge in [-0.05, 0) is 18.2 Å². The number of hydrogen-bond donors (Lipinski definition) is 0. The fourth-order valence-corrected chi connectivity index (χ4v) is 1.23. The highest BCUT2D eigenvalue weighted by molar-refractivity contribution is 5.50. The highest BCUT2D eigenvalue weighted by atomic mass is 16.5. The molecule has 75 valence electrons. The summed E-state index contributed by atoms with van der Waals surface area (Å²) >= 11 is 0. The quantitative estimate of drug-likeness (QED) is 0.728. The van der Waals surface area contributed by atoms with Crippen LogP contribution >= 0.6 is 0 Å². The van der Waals surface area contributed by atoms with E-state index in [-0.39, 0.29) is 0 Å². The first kappa shape index (κ1) is 10.6. The average Bonchev–Trinajstić information content (AvgIpc) is 2.27. The summed E-state index contributed by atoms with van der Waals surface area (Å²) in [5, 5.41) is 0. The van der Waals surface area contributed by atoms with Crippen LogP contribution in [0.25, 0.3) is 0 Å². The standard InChI is InChI=1S/C12H15O2/c1-5-9(2)11-8-10(13-3)6-7-12(11)14-4/h5-8H,1H2,2-4H3. The van der Waals surface area contributed by atoms with E-state index in [1.165, 1.54) is 0 Å². The largest absolute Gasteiger partial charge is 0.497 e. The summed E-state index contributed by atoms with van der Waals surface area (Å²) in [5.74, 6) is 2.73. The second-order valence-electron chi connectivity index (χ2n) is 2.95. The fourth-order valence-electron chi connectivity index (χ4n) is 1.23. The second kappa shape index (κ2) is 4.70. The molecule has 0 atom stereocenters. The van der Waals surface area contributed by atoms with Crippen LogP contribution in [0.4, 0.5) is 0 Å². The number of allylic oxidation sites excluding steroid dienone is 1. The van der Waals surface area contributed by atoms with Gasteiger partial charge in [0.15, 0.2) is 0 Å². The minimum absolute atomic E-state index is 0.821. The van der Waals surface area contributed by atoms with Gasteiger partial charge in [-0.2, -0.15) is 0 Å². The van der Waals surface area contributed by atoms with E-state index in [1.807, 2.05) is 25.1 Å². The van der Waals surface area contributed by atoms with Crippen molar-refractivity contribution in [3.05, 3.63) is 42.3 Å². The summed E-state index contributed by atoms with van der Waals surface area (Å²) in [7, 11) is 3.30. The zero-order chi connectivity index (χ0) is 10.6. The maximum Gasteiger partial charge on any atom is 0.123 e. The van der Waals surface area contributed by atoms with Gasteiger partial charge in [-0.1, -0.05) is 13.0 Å². The van der Waals surface area contributed by atoms with E-state index in [0.29, 0.717) is 0 Å². The maximum absolute atomic E-state index is 5.24. The molecule has 1 aromatic rings. The molecule has 2 heteroatoms. The molecule has 2 nitrogen and oxygen atoms in total. The molecule has 0 aliphatic rings. The number of rotatable bonds is 4. The number of ether oxygens (including phenoxy) is 2. The van der Waals surface area contributed by atoms with Crippen molar-refractivity contribution in [2.45, 2.75) is 6.92 Å². The Balaban J connectivity index is 3.14. The van der Waals surface area contributed by atoms with Crippen LogP contribution in [0, 0.1) is 5.92 Å². The predicted octanol–water partition coefficient (Wildman–Crippen LogP) is 2.83. The van der Waals surface area contributed by atoms with Crippen LogP contribution in [0.3, 0.4) is 0 Å². The van der Waals surface area contributed by atoms with Crippen LogP contribution in [0.1, 0.15) is 12.5 Å². The number of benzene rings is 1. The molecule has 0 amide bonds. The Kier molecular flexibility index (Phi) is 3.57. The van der Waals surface area contributed by atoms with Gasteiger partial charge in [-0.3, -0.25) is 0 Å². The molecular weight excluding hydrogens is 176 g/mol. The third kappa shape index (κ3) is 2.08. The molecule has 0 saturated heterocycles. The molecular formula is C12H15O2. The van der Waals surface area contributed by atoms with Gasteiger partial charge in [0, 0.05) is 11.5 Å². The average molecular weight is 191 g/mol. The molecule has 0 bridgehead atoms. The van der Waals surface area contributed by atoms with E-state index in [1.54, 1.807) is 20.3 Å². The molecule has 0 aliphatic heterocycles. The molecule has 0 aliphatic carbocycles. The molecule has 1 rings (SSSR count). The van der Waals surface area contributed by atoms with E-state index < -0.39 is 0 Å². The maximum atomic E-state index is 5.24. The molecule has 0 fully saturated rings. The monoisotopic (exact) mass is 191 g/mol. The first-order chi connectivity index (χ1) is 6.72. The summed E-state index contributed by atoms with van der Waals surface area (Å²) in [5.41, 5.74) is 1.02. The lowest BCUT2D eigenvalue weighted by atomic mass is 10.00. The van der Waals surface area contributed by atoms with Crippen molar-refractivity contribution in [2.75, 3.05) is 14.2 Å². The molecule has 0 N–H and O–H groups in total. The van der Waals surface area contributed by atoms with E-state index >= 15 is 0 Å². The normalized spacial score (nSPS) is 10.0. The lowest BCUT2D eigenvalue weighted by Gasteiger charge is -2.12. The molecule has 0 spiro atoms. The lowest BCUT2D eigenvalue weighted by molar-refractivity contribution is 0.400. The van der Waals surface area contributed by atoms with Crippen LogP contribution in [-0.4, -0.2) is 14.2 Å². The van der Waals surface area contributed by atoms with Gasteiger partial charge in [0.1, 0.15) is 11.5 Å². The molecule has 14 heavy (non-hydrogen) atoms. The van der Waals surface area contributed by atoms with Gasteiger partial charge >= 0.3 is 0 Å². The van der Waals surface area contributed by atoms with Gasteiger partial charge in [0.25, 0.3) is 0 Å². The fraction of sp³-hybridized carbons (Fsp3) is 0.250. The van der Waals surface area contributed by atoms with Crippen LogP contribution in [-0.2, 0) is 0 Å². The Morgan fingerprint density at radius 3 is 2.50 bits per heavy atom. The van der Waals surface area contributed by atoms with Gasteiger partial charge in [0.05, 0.1) is 14.2 Å². The Morgan fingerprint density at radius 2 is 2.00 bits per heavy atom. The van der Waals surface area contributed by atoms with Crippen molar-refractivity contribution in [3.8, 4) is 11.5 Å². The van der Waals surface area contributed by atoms with E-state index in [2.05, 4.69) is 6.58 Å². The van der Waals surface area contributed by atoms with Crippen LogP contribution in [0.2, 0.25) is 0 Å². The van der Waals surface area contributed by atoms with Crippen LogP contribution < -0.4 is 9.47 Å². The summed E-state index contributed by atoms with van der Waals surface area (Å²) in [6, 6.07) is 5.70. The predicted molar refractivity (Wildman–Crippen MR) is 57.8 cm³/mol. The Bertz CT molecular complexity index is 318. The van der Waals surface area contributed by atoms with Crippen molar-refractivity contribution < 1.29 is 9.47 Å². The number of methoxy groups -OCH3 is 2. The van der Waals surface area contributed by atoms with Gasteiger partial charge in [0.2, 0.25) is 0 Å². The first-order valence-corrected chi connectivity index (χ1v) is 4.41. The van der Waals surface area contributed by atoms with Crippen LogP contribution in [0.5, 0.6) is 11.5 Å². The molecule has 0 heterocycles. The zero-order valence-electron chi connectivity index (χ0n) is 8.83. The minimum Gasteiger partial charge on any atom is -0.497 e. The topological polar surface area (TPSA) is 18.5 Å². The third-order valence-electron chi connectivity index (χ3n) is 2.14. The van der Waals surface area contributed by atoms with Crippen molar-refractivity contribution >= 4 is 0 Å². The number of hydrogen-bond acceptors (Lipinski definition) is 2. The minimum atomic E-state index is 0.821. The summed E-state index contributed by atoms with van der Waals surface area (Å²) in [4.78, 5) is 0. The first-order valence-electron chi connectivity index (χ1n) is 4.41. The highest BCUT2D eigenvalue weighted by Gasteiger charge is 2.09. The van der Waals surface area contributed by atoms with E-state index in [4.69, 9.17) is 9.47 Å². The Hall–Kier alpha value is -1.44.